The number of nitrogens with two attached hydrogens (primary N) is 1. The van der Waals surface area contributed by atoms with Gasteiger partial charge in [0.25, 0.3) is 0 Å². The van der Waals surface area contributed by atoms with Crippen LogP contribution in [0.25, 0.3) is 0 Å². The highest BCUT2D eigenvalue weighted by molar-refractivity contribution is 5.02. The van der Waals surface area contributed by atoms with Gasteiger partial charge in [0.1, 0.15) is 0 Å². The van der Waals surface area contributed by atoms with Gasteiger partial charge in [-0.3, -0.25) is 20.9 Å². The van der Waals surface area contributed by atoms with Gasteiger partial charge < -0.3 is 4.74 Å². The second-order valence-corrected chi connectivity index (χ2v) is 5.96. The maximum atomic E-state index is 5.81. The maximum Gasteiger partial charge on any atom is 0.0594 e. The Balaban J connectivity index is 1.97. The first-order chi connectivity index (χ1) is 9.55. The fourth-order valence-corrected chi connectivity index (χ4v) is 2.94. The summed E-state index contributed by atoms with van der Waals surface area (Å²) in [6, 6.07) is 2.30. The molecule has 0 bridgehead atoms. The summed E-state index contributed by atoms with van der Waals surface area (Å²) in [5, 5.41) is 4.21. The molecule has 2 rings (SSSR count). The van der Waals surface area contributed by atoms with Crippen molar-refractivity contribution >= 4 is 0 Å². The van der Waals surface area contributed by atoms with Gasteiger partial charge in [-0.2, -0.15) is 5.10 Å². The number of aromatic nitrogens is 2. The average molecular weight is 281 g/mol. The van der Waals surface area contributed by atoms with Gasteiger partial charge in [0, 0.05) is 43.6 Å². The predicted octanol–water partition coefficient (Wildman–Crippen LogP) is 0.295. The van der Waals surface area contributed by atoms with Crippen LogP contribution in [0, 0.1) is 0 Å². The zero-order valence-electron chi connectivity index (χ0n) is 12.8. The lowest BCUT2D eigenvalue weighted by Gasteiger charge is -2.45. The molecule has 0 aromatic carbocycles. The van der Waals surface area contributed by atoms with Crippen LogP contribution in [-0.2, 0) is 18.2 Å². The average Bonchev–Trinajstić information content (AvgIpc) is 2.86. The molecule has 20 heavy (non-hydrogen) atoms. The van der Waals surface area contributed by atoms with E-state index in [1.54, 1.807) is 0 Å². The van der Waals surface area contributed by atoms with Gasteiger partial charge in [0.15, 0.2) is 0 Å². The highest BCUT2D eigenvalue weighted by Gasteiger charge is 2.35. The number of morpholine rings is 1. The highest BCUT2D eigenvalue weighted by atomic mass is 16.5. The van der Waals surface area contributed by atoms with Crippen LogP contribution < -0.4 is 11.3 Å². The standard InChI is InChI=1S/C14H27N5O/c1-14(2,19-8-10-20-11-9-19)13(17-15)5-4-12-6-7-16-18(12)3/h6-7,13,17H,4-5,8-11,15H2,1-3H3. The number of hydrogen-bond acceptors (Lipinski definition) is 5. The van der Waals surface area contributed by atoms with E-state index in [9.17, 15) is 0 Å². The van der Waals surface area contributed by atoms with Crippen molar-refractivity contribution in [2.75, 3.05) is 26.3 Å². The third-order valence-corrected chi connectivity index (χ3v) is 4.49. The van der Waals surface area contributed by atoms with E-state index in [2.05, 4.69) is 35.3 Å². The van der Waals surface area contributed by atoms with Crippen molar-refractivity contribution in [1.29, 1.82) is 0 Å². The molecule has 2 heterocycles. The van der Waals surface area contributed by atoms with Crippen LogP contribution in [0.3, 0.4) is 0 Å². The molecule has 1 aliphatic heterocycles. The van der Waals surface area contributed by atoms with Gasteiger partial charge in [-0.1, -0.05) is 0 Å². The van der Waals surface area contributed by atoms with E-state index in [4.69, 9.17) is 10.6 Å². The Kier molecular flexibility index (Phi) is 5.15. The molecule has 0 radical (unpaired) electrons. The third-order valence-electron chi connectivity index (χ3n) is 4.49. The second kappa shape index (κ2) is 6.67. The number of hydrogen-bond donors (Lipinski definition) is 2. The molecule has 6 nitrogen and oxygen atoms in total. The normalized spacial score (nSPS) is 19.2. The summed E-state index contributed by atoms with van der Waals surface area (Å²) in [6.07, 6.45) is 3.80. The monoisotopic (exact) mass is 281 g/mol. The summed E-state index contributed by atoms with van der Waals surface area (Å²) in [6.45, 7) is 8.07. The number of aryl methyl sites for hydroxylation is 2. The van der Waals surface area contributed by atoms with Gasteiger partial charge in [-0.05, 0) is 32.8 Å². The van der Waals surface area contributed by atoms with Crippen LogP contribution in [0.5, 0.6) is 0 Å². The SMILES string of the molecule is Cn1nccc1CCC(NN)C(C)(C)N1CCOCC1. The fraction of sp³-hybridized carbons (Fsp3) is 0.786. The summed E-state index contributed by atoms with van der Waals surface area (Å²) >= 11 is 0. The summed E-state index contributed by atoms with van der Waals surface area (Å²) in [5.41, 5.74) is 4.26. The second-order valence-electron chi connectivity index (χ2n) is 5.96. The minimum Gasteiger partial charge on any atom is -0.379 e. The molecule has 1 aliphatic rings. The molecule has 1 aromatic heterocycles. The number of nitrogens with one attached hydrogen (secondary N) is 1. The predicted molar refractivity (Wildman–Crippen MR) is 79.1 cm³/mol. The van der Waals surface area contributed by atoms with Crippen LogP contribution in [0.2, 0.25) is 0 Å². The van der Waals surface area contributed by atoms with Gasteiger partial charge in [-0.15, -0.1) is 0 Å². The molecule has 1 atom stereocenters. The summed E-state index contributed by atoms with van der Waals surface area (Å²) in [7, 11) is 1.98. The van der Waals surface area contributed by atoms with Crippen molar-refractivity contribution in [3.63, 3.8) is 0 Å². The Bertz CT molecular complexity index is 411. The van der Waals surface area contributed by atoms with E-state index in [0.29, 0.717) is 0 Å². The molecule has 114 valence electrons. The smallest absolute Gasteiger partial charge is 0.0594 e. The van der Waals surface area contributed by atoms with Crippen LogP contribution >= 0.6 is 0 Å². The number of rotatable bonds is 6. The first kappa shape index (κ1) is 15.4. The van der Waals surface area contributed by atoms with E-state index >= 15 is 0 Å². The van der Waals surface area contributed by atoms with Crippen molar-refractivity contribution in [3.8, 4) is 0 Å². The maximum absolute atomic E-state index is 5.81. The summed E-state index contributed by atoms with van der Waals surface area (Å²) < 4.78 is 7.36. The zero-order chi connectivity index (χ0) is 14.6. The van der Waals surface area contributed by atoms with Crippen molar-refractivity contribution in [2.45, 2.75) is 38.3 Å². The van der Waals surface area contributed by atoms with Gasteiger partial charge in [0.05, 0.1) is 13.2 Å². The Hall–Kier alpha value is -0.950. The quantitative estimate of drug-likeness (QED) is 0.580. The molecule has 0 spiro atoms. The molecule has 1 fully saturated rings. The summed E-state index contributed by atoms with van der Waals surface area (Å²) in [4.78, 5) is 2.46. The highest BCUT2D eigenvalue weighted by Crippen LogP contribution is 2.23. The molecular weight excluding hydrogens is 254 g/mol. The molecule has 1 unspecified atom stereocenters. The minimum atomic E-state index is 0.0110. The number of nitrogens with zero attached hydrogens (tertiary/aromatic N) is 3. The molecule has 6 heteroatoms. The van der Waals surface area contributed by atoms with E-state index in [1.807, 2.05) is 17.9 Å². The van der Waals surface area contributed by atoms with Gasteiger partial charge >= 0.3 is 0 Å². The topological polar surface area (TPSA) is 68.3 Å². The Morgan fingerprint density at radius 1 is 1.45 bits per heavy atom. The zero-order valence-corrected chi connectivity index (χ0v) is 12.8. The number of ether oxygens (including phenoxy) is 1. The van der Waals surface area contributed by atoms with Crippen molar-refractivity contribution < 1.29 is 4.74 Å². The van der Waals surface area contributed by atoms with E-state index in [1.165, 1.54) is 5.69 Å². The molecule has 0 saturated carbocycles. The molecule has 0 aliphatic carbocycles. The summed E-state index contributed by atoms with van der Waals surface area (Å²) in [5.74, 6) is 5.81. The van der Waals surface area contributed by atoms with Crippen molar-refractivity contribution in [3.05, 3.63) is 18.0 Å². The molecule has 1 saturated heterocycles. The number of hydrazine groups is 1. The van der Waals surface area contributed by atoms with Crippen molar-refractivity contribution in [1.82, 2.24) is 20.1 Å². The molecule has 0 amide bonds. The largest absolute Gasteiger partial charge is 0.379 e. The first-order valence-corrected chi connectivity index (χ1v) is 7.31. The van der Waals surface area contributed by atoms with Crippen LogP contribution in [-0.4, -0.2) is 52.6 Å². The first-order valence-electron chi connectivity index (χ1n) is 7.31. The van der Waals surface area contributed by atoms with Gasteiger partial charge in [-0.25, -0.2) is 0 Å². The Morgan fingerprint density at radius 3 is 2.70 bits per heavy atom. The minimum absolute atomic E-state index is 0.0110. The third kappa shape index (κ3) is 3.38. The Labute approximate surface area is 121 Å². The van der Waals surface area contributed by atoms with E-state index < -0.39 is 0 Å². The van der Waals surface area contributed by atoms with Crippen LogP contribution in [0.15, 0.2) is 12.3 Å². The van der Waals surface area contributed by atoms with Crippen LogP contribution in [0.4, 0.5) is 0 Å². The van der Waals surface area contributed by atoms with Crippen molar-refractivity contribution in [2.24, 2.45) is 12.9 Å². The van der Waals surface area contributed by atoms with E-state index in [-0.39, 0.29) is 11.6 Å². The lowest BCUT2D eigenvalue weighted by molar-refractivity contribution is -0.0244. The fourth-order valence-electron chi connectivity index (χ4n) is 2.94. The molecular formula is C14H27N5O. The van der Waals surface area contributed by atoms with Gasteiger partial charge in [0.2, 0.25) is 0 Å². The lowest BCUT2D eigenvalue weighted by Crippen LogP contribution is -2.61. The Morgan fingerprint density at radius 2 is 2.15 bits per heavy atom. The molecule has 3 N–H and O–H groups in total. The van der Waals surface area contributed by atoms with Crippen LogP contribution in [0.1, 0.15) is 26.0 Å². The molecule has 1 aromatic rings. The van der Waals surface area contributed by atoms with E-state index in [0.717, 1.165) is 39.1 Å². The lowest BCUT2D eigenvalue weighted by atomic mass is 9.88.